The van der Waals surface area contributed by atoms with Crippen LogP contribution in [0.3, 0.4) is 0 Å². The van der Waals surface area contributed by atoms with Crippen LogP contribution in [0.25, 0.3) is 0 Å². The molecule has 0 amide bonds. The van der Waals surface area contributed by atoms with Gasteiger partial charge >= 0.3 is 0 Å². The predicted octanol–water partition coefficient (Wildman–Crippen LogP) is 1.58. The zero-order chi connectivity index (χ0) is 17.9. The monoisotopic (exact) mass is 355 g/mol. The van der Waals surface area contributed by atoms with Crippen molar-refractivity contribution in [3.05, 3.63) is 71.8 Å². The average molecular weight is 355 g/mol. The average Bonchev–Trinajstić information content (AvgIpc) is 3.15. The van der Waals surface area contributed by atoms with E-state index in [1.807, 2.05) is 60.7 Å². The lowest BCUT2D eigenvalue weighted by Gasteiger charge is -2.27. The molecule has 5 heteroatoms. The van der Waals surface area contributed by atoms with Crippen LogP contribution in [0.2, 0.25) is 0 Å². The molecule has 5 nitrogen and oxygen atoms in total. The van der Waals surface area contributed by atoms with Crippen LogP contribution < -0.4 is 0 Å². The van der Waals surface area contributed by atoms with Gasteiger partial charge in [-0.15, -0.1) is 0 Å². The molecular formula is C21H25NO4. The second-order valence-corrected chi connectivity index (χ2v) is 7.10. The Morgan fingerprint density at radius 3 is 2.00 bits per heavy atom. The Hall–Kier alpha value is -1.76. The first-order valence-electron chi connectivity index (χ1n) is 9.13. The number of aliphatic hydroxyl groups excluding tert-OH is 2. The Morgan fingerprint density at radius 2 is 1.38 bits per heavy atom. The molecule has 2 heterocycles. The molecule has 0 aromatic heterocycles. The third-order valence-corrected chi connectivity index (χ3v) is 5.30. The van der Waals surface area contributed by atoms with E-state index in [-0.39, 0.29) is 18.2 Å². The Bertz CT molecular complexity index is 696. The molecule has 2 N–H and O–H groups in total. The molecule has 2 aromatic rings. The van der Waals surface area contributed by atoms with Gasteiger partial charge in [-0.05, 0) is 11.1 Å². The summed E-state index contributed by atoms with van der Waals surface area (Å²) in [7, 11) is 0. The molecule has 0 bridgehead atoms. The molecule has 0 spiro atoms. The van der Waals surface area contributed by atoms with Gasteiger partial charge in [-0.2, -0.15) is 0 Å². The van der Waals surface area contributed by atoms with E-state index in [1.54, 1.807) is 0 Å². The Balaban J connectivity index is 1.45. The van der Waals surface area contributed by atoms with Crippen LogP contribution in [0.4, 0.5) is 0 Å². The summed E-state index contributed by atoms with van der Waals surface area (Å²) >= 11 is 0. The summed E-state index contributed by atoms with van der Waals surface area (Å²) in [5, 5.41) is 20.4. The lowest BCUT2D eigenvalue weighted by molar-refractivity contribution is -0.0904. The maximum atomic E-state index is 10.4. The summed E-state index contributed by atoms with van der Waals surface area (Å²) in [6.45, 7) is 2.09. The third-order valence-electron chi connectivity index (χ3n) is 5.30. The van der Waals surface area contributed by atoms with Crippen LogP contribution in [0.1, 0.15) is 11.1 Å². The fourth-order valence-corrected chi connectivity index (χ4v) is 3.96. The fourth-order valence-electron chi connectivity index (χ4n) is 3.96. The lowest BCUT2D eigenvalue weighted by atomic mass is 10.0. The highest BCUT2D eigenvalue weighted by Crippen LogP contribution is 2.33. The second kappa shape index (κ2) is 7.86. The molecule has 0 unspecified atom stereocenters. The summed E-state index contributed by atoms with van der Waals surface area (Å²) in [6.07, 6.45) is -1.93. The highest BCUT2D eigenvalue weighted by molar-refractivity contribution is 5.15. The summed E-state index contributed by atoms with van der Waals surface area (Å²) < 4.78 is 12.3. The highest BCUT2D eigenvalue weighted by Gasteiger charge is 2.53. The van der Waals surface area contributed by atoms with Crippen molar-refractivity contribution < 1.29 is 19.7 Å². The van der Waals surface area contributed by atoms with Gasteiger partial charge in [-0.3, -0.25) is 4.90 Å². The van der Waals surface area contributed by atoms with Crippen LogP contribution in [0.15, 0.2) is 60.7 Å². The number of hydrogen-bond acceptors (Lipinski definition) is 5. The molecule has 2 fully saturated rings. The zero-order valence-corrected chi connectivity index (χ0v) is 14.6. The minimum atomic E-state index is -0.805. The van der Waals surface area contributed by atoms with E-state index in [0.29, 0.717) is 26.3 Å². The van der Waals surface area contributed by atoms with Crippen LogP contribution in [0.5, 0.6) is 0 Å². The molecule has 5 atom stereocenters. The summed E-state index contributed by atoms with van der Waals surface area (Å²) in [6, 6.07) is 19.8. The zero-order valence-electron chi connectivity index (χ0n) is 14.6. The highest BCUT2D eigenvalue weighted by atomic mass is 16.5. The molecular weight excluding hydrogens is 330 g/mol. The third kappa shape index (κ3) is 3.68. The molecule has 2 aliphatic heterocycles. The molecule has 0 saturated carbocycles. The van der Waals surface area contributed by atoms with Gasteiger partial charge in [0, 0.05) is 13.1 Å². The predicted molar refractivity (Wildman–Crippen MR) is 97.4 cm³/mol. The first kappa shape index (κ1) is 17.6. The van der Waals surface area contributed by atoms with Crippen molar-refractivity contribution in [1.29, 1.82) is 0 Å². The van der Waals surface area contributed by atoms with Gasteiger partial charge in [-0.25, -0.2) is 0 Å². The lowest BCUT2D eigenvalue weighted by Crippen LogP contribution is -2.43. The van der Waals surface area contributed by atoms with E-state index in [0.717, 1.165) is 11.1 Å². The minimum absolute atomic E-state index is 0.133. The fraction of sp³-hybridized carbons (Fsp3) is 0.429. The molecule has 2 saturated heterocycles. The molecule has 4 rings (SSSR count). The van der Waals surface area contributed by atoms with E-state index in [4.69, 9.17) is 9.47 Å². The quantitative estimate of drug-likeness (QED) is 0.824. The number of hydrogen-bond donors (Lipinski definition) is 2. The van der Waals surface area contributed by atoms with Gasteiger partial charge in [-0.1, -0.05) is 60.7 Å². The van der Waals surface area contributed by atoms with Crippen LogP contribution in [-0.4, -0.2) is 58.7 Å². The van der Waals surface area contributed by atoms with Crippen molar-refractivity contribution in [3.8, 4) is 0 Å². The number of rotatable bonds is 6. The van der Waals surface area contributed by atoms with Crippen LogP contribution in [0, 0.1) is 0 Å². The van der Waals surface area contributed by atoms with Crippen LogP contribution >= 0.6 is 0 Å². The van der Waals surface area contributed by atoms with Gasteiger partial charge in [0.05, 0.1) is 37.6 Å². The number of aliphatic hydroxyl groups is 2. The number of ether oxygens (including phenoxy) is 2. The van der Waals surface area contributed by atoms with Crippen LogP contribution in [-0.2, 0) is 22.7 Å². The molecule has 2 aromatic carbocycles. The summed E-state index contributed by atoms with van der Waals surface area (Å²) in [5.41, 5.74) is 2.20. The first-order valence-corrected chi connectivity index (χ1v) is 9.13. The Labute approximate surface area is 153 Å². The van der Waals surface area contributed by atoms with Gasteiger partial charge in [0.1, 0.15) is 6.10 Å². The van der Waals surface area contributed by atoms with E-state index in [9.17, 15) is 10.2 Å². The van der Waals surface area contributed by atoms with E-state index in [2.05, 4.69) is 4.90 Å². The SMILES string of the molecule is O[C@@H]1[C@H]2[C@H](OCc3ccccc3)[C@@H](OCc3ccccc3)CN2C[C@@H]1O. The number of fused-ring (bicyclic) bond motifs is 1. The largest absolute Gasteiger partial charge is 0.389 e. The smallest absolute Gasteiger partial charge is 0.103 e. The normalized spacial score (nSPS) is 31.2. The molecule has 0 radical (unpaired) electrons. The standard InChI is InChI=1S/C21H25NO4/c23-17-11-22-12-18(25-13-15-7-3-1-4-8-15)21(19(22)20(17)24)26-14-16-9-5-2-6-10-16/h1-10,17-21,23-24H,11-14H2/t17-,18-,19-,20-,21+/m0/s1. The van der Waals surface area contributed by atoms with E-state index < -0.39 is 12.2 Å². The van der Waals surface area contributed by atoms with Gasteiger partial charge in [0.2, 0.25) is 0 Å². The van der Waals surface area contributed by atoms with Crippen molar-refractivity contribution in [2.75, 3.05) is 13.1 Å². The molecule has 2 aliphatic rings. The second-order valence-electron chi connectivity index (χ2n) is 7.10. The maximum absolute atomic E-state index is 10.4. The van der Waals surface area contributed by atoms with Gasteiger partial charge in [0.15, 0.2) is 0 Å². The van der Waals surface area contributed by atoms with Crippen molar-refractivity contribution in [2.45, 2.75) is 43.7 Å². The van der Waals surface area contributed by atoms with Crippen molar-refractivity contribution >= 4 is 0 Å². The van der Waals surface area contributed by atoms with Gasteiger partial charge in [0.25, 0.3) is 0 Å². The van der Waals surface area contributed by atoms with Crippen molar-refractivity contribution in [2.24, 2.45) is 0 Å². The topological polar surface area (TPSA) is 62.2 Å². The number of benzene rings is 2. The molecule has 26 heavy (non-hydrogen) atoms. The number of nitrogens with zero attached hydrogens (tertiary/aromatic N) is 1. The van der Waals surface area contributed by atoms with Crippen molar-refractivity contribution in [1.82, 2.24) is 4.90 Å². The maximum Gasteiger partial charge on any atom is 0.103 e. The summed E-state index contributed by atoms with van der Waals surface area (Å²) in [5.74, 6) is 0. The van der Waals surface area contributed by atoms with E-state index in [1.165, 1.54) is 0 Å². The minimum Gasteiger partial charge on any atom is -0.389 e. The van der Waals surface area contributed by atoms with Gasteiger partial charge < -0.3 is 19.7 Å². The molecule has 0 aliphatic carbocycles. The molecule has 138 valence electrons. The van der Waals surface area contributed by atoms with E-state index >= 15 is 0 Å². The van der Waals surface area contributed by atoms with Crippen molar-refractivity contribution in [3.63, 3.8) is 0 Å². The Morgan fingerprint density at radius 1 is 0.808 bits per heavy atom. The summed E-state index contributed by atoms with van der Waals surface area (Å²) in [4.78, 5) is 2.08. The first-order chi connectivity index (χ1) is 12.7. The Kier molecular flexibility index (Phi) is 5.33.